The monoisotopic (exact) mass is 226 g/mol. The molecule has 0 atom stereocenters. The molecule has 1 N–H and O–H groups in total. The van der Waals surface area contributed by atoms with E-state index in [1.165, 1.54) is 84.1 Å². The van der Waals surface area contributed by atoms with E-state index in [2.05, 4.69) is 17.1 Å². The smallest absolute Gasteiger partial charge is 0.0107 e. The minimum absolute atomic E-state index is 1.19. The average Bonchev–Trinajstić information content (AvgIpc) is 2.80. The van der Waals surface area contributed by atoms with Crippen LogP contribution in [-0.4, -0.2) is 37.6 Å². The topological polar surface area (TPSA) is 15.3 Å². The largest absolute Gasteiger partial charge is 0.315 e. The van der Waals surface area contributed by atoms with Crippen molar-refractivity contribution in [1.29, 1.82) is 0 Å². The summed E-state index contributed by atoms with van der Waals surface area (Å²) in [5, 5.41) is 3.56. The van der Waals surface area contributed by atoms with Crippen LogP contribution in [0.2, 0.25) is 0 Å². The van der Waals surface area contributed by atoms with Crippen LogP contribution in [0.25, 0.3) is 0 Å². The van der Waals surface area contributed by atoms with Gasteiger partial charge in [-0.2, -0.15) is 0 Å². The molecule has 0 aromatic carbocycles. The van der Waals surface area contributed by atoms with Crippen LogP contribution in [0.5, 0.6) is 0 Å². The highest BCUT2D eigenvalue weighted by atomic mass is 15.1. The third-order valence-corrected chi connectivity index (χ3v) is 3.51. The Kier molecular flexibility index (Phi) is 8.83. The van der Waals surface area contributed by atoms with Gasteiger partial charge < -0.3 is 10.2 Å². The maximum absolute atomic E-state index is 3.56. The molecule has 2 heteroatoms. The molecule has 96 valence electrons. The third-order valence-electron chi connectivity index (χ3n) is 3.51. The van der Waals surface area contributed by atoms with E-state index in [0.29, 0.717) is 0 Å². The summed E-state index contributed by atoms with van der Waals surface area (Å²) >= 11 is 0. The molecule has 1 rings (SSSR count). The zero-order valence-electron chi connectivity index (χ0n) is 11.1. The maximum atomic E-state index is 3.56. The molecular weight excluding hydrogens is 196 g/mol. The number of unbranched alkanes of at least 4 members (excludes halogenated alkanes) is 5. The first kappa shape index (κ1) is 14.0. The van der Waals surface area contributed by atoms with E-state index in [4.69, 9.17) is 0 Å². The lowest BCUT2D eigenvalue weighted by Gasteiger charge is -2.14. The quantitative estimate of drug-likeness (QED) is 0.576. The van der Waals surface area contributed by atoms with E-state index in [-0.39, 0.29) is 0 Å². The van der Waals surface area contributed by atoms with E-state index >= 15 is 0 Å². The summed E-state index contributed by atoms with van der Waals surface area (Å²) in [5.74, 6) is 0. The second kappa shape index (κ2) is 10.1. The van der Waals surface area contributed by atoms with Crippen LogP contribution in [0.15, 0.2) is 0 Å². The van der Waals surface area contributed by atoms with Crippen molar-refractivity contribution in [1.82, 2.24) is 10.2 Å². The van der Waals surface area contributed by atoms with Crippen molar-refractivity contribution in [3.8, 4) is 0 Å². The summed E-state index contributed by atoms with van der Waals surface area (Å²) in [6.07, 6.45) is 11.2. The fourth-order valence-electron chi connectivity index (χ4n) is 2.40. The summed E-state index contributed by atoms with van der Waals surface area (Å²) in [7, 11) is 0. The van der Waals surface area contributed by atoms with E-state index < -0.39 is 0 Å². The van der Waals surface area contributed by atoms with Gasteiger partial charge in [0.25, 0.3) is 0 Å². The van der Waals surface area contributed by atoms with Gasteiger partial charge in [-0.25, -0.2) is 0 Å². The second-order valence-electron chi connectivity index (χ2n) is 5.07. The zero-order valence-corrected chi connectivity index (χ0v) is 11.1. The third kappa shape index (κ3) is 7.24. The van der Waals surface area contributed by atoms with Gasteiger partial charge in [-0.3, -0.25) is 0 Å². The Morgan fingerprint density at radius 3 is 2.31 bits per heavy atom. The zero-order chi connectivity index (χ0) is 11.5. The van der Waals surface area contributed by atoms with E-state index in [1.807, 2.05) is 0 Å². The lowest BCUT2D eigenvalue weighted by Crippen LogP contribution is -2.30. The number of nitrogens with zero attached hydrogens (tertiary/aromatic N) is 1. The Morgan fingerprint density at radius 1 is 0.875 bits per heavy atom. The Morgan fingerprint density at radius 2 is 1.56 bits per heavy atom. The molecular formula is C14H30N2. The standard InChI is InChI=1S/C14H30N2/c1-2-3-4-5-6-7-10-15-11-14-16-12-8-9-13-16/h15H,2-14H2,1H3. The molecule has 0 aliphatic carbocycles. The van der Waals surface area contributed by atoms with Gasteiger partial charge in [-0.1, -0.05) is 39.0 Å². The van der Waals surface area contributed by atoms with Crippen LogP contribution in [0, 0.1) is 0 Å². The van der Waals surface area contributed by atoms with E-state index in [0.717, 1.165) is 0 Å². The molecule has 0 aromatic heterocycles. The predicted molar refractivity (Wildman–Crippen MR) is 71.9 cm³/mol. The Balaban J connectivity index is 1.71. The highest BCUT2D eigenvalue weighted by molar-refractivity contribution is 4.66. The first-order valence-corrected chi connectivity index (χ1v) is 7.36. The Hall–Kier alpha value is -0.0800. The summed E-state index contributed by atoms with van der Waals surface area (Å²) in [4.78, 5) is 2.58. The molecule has 0 spiro atoms. The lowest BCUT2D eigenvalue weighted by atomic mass is 10.1. The van der Waals surface area contributed by atoms with Crippen LogP contribution >= 0.6 is 0 Å². The van der Waals surface area contributed by atoms with Gasteiger partial charge in [0.1, 0.15) is 0 Å². The molecule has 1 fully saturated rings. The molecule has 16 heavy (non-hydrogen) atoms. The van der Waals surface area contributed by atoms with Crippen molar-refractivity contribution in [2.75, 3.05) is 32.7 Å². The van der Waals surface area contributed by atoms with Crippen molar-refractivity contribution < 1.29 is 0 Å². The number of nitrogens with one attached hydrogen (secondary N) is 1. The molecule has 2 nitrogen and oxygen atoms in total. The van der Waals surface area contributed by atoms with Crippen LogP contribution in [-0.2, 0) is 0 Å². The summed E-state index contributed by atoms with van der Waals surface area (Å²) in [5.41, 5.74) is 0. The second-order valence-corrected chi connectivity index (χ2v) is 5.07. The maximum Gasteiger partial charge on any atom is 0.0107 e. The van der Waals surface area contributed by atoms with Crippen molar-refractivity contribution in [2.24, 2.45) is 0 Å². The van der Waals surface area contributed by atoms with Crippen molar-refractivity contribution in [2.45, 2.75) is 58.3 Å². The lowest BCUT2D eigenvalue weighted by molar-refractivity contribution is 0.335. The normalized spacial score (nSPS) is 17.1. The summed E-state index contributed by atoms with van der Waals surface area (Å²) in [6.45, 7) is 8.61. The van der Waals surface area contributed by atoms with Crippen molar-refractivity contribution in [3.05, 3.63) is 0 Å². The number of hydrogen-bond donors (Lipinski definition) is 1. The number of likely N-dealkylation sites (tertiary alicyclic amines) is 1. The van der Waals surface area contributed by atoms with Gasteiger partial charge in [0.2, 0.25) is 0 Å². The first-order chi connectivity index (χ1) is 7.93. The molecule has 1 aliphatic heterocycles. The molecule has 0 bridgehead atoms. The minimum Gasteiger partial charge on any atom is -0.315 e. The molecule has 0 radical (unpaired) electrons. The number of hydrogen-bond acceptors (Lipinski definition) is 2. The van der Waals surface area contributed by atoms with Crippen molar-refractivity contribution in [3.63, 3.8) is 0 Å². The highest BCUT2D eigenvalue weighted by Crippen LogP contribution is 2.06. The fraction of sp³-hybridized carbons (Fsp3) is 1.00. The van der Waals surface area contributed by atoms with Crippen LogP contribution in [0.4, 0.5) is 0 Å². The van der Waals surface area contributed by atoms with Gasteiger partial charge in [0.15, 0.2) is 0 Å². The predicted octanol–water partition coefficient (Wildman–Crippen LogP) is 3.03. The van der Waals surface area contributed by atoms with Gasteiger partial charge in [0.05, 0.1) is 0 Å². The van der Waals surface area contributed by atoms with Crippen molar-refractivity contribution >= 4 is 0 Å². The molecule has 0 amide bonds. The molecule has 1 heterocycles. The summed E-state index contributed by atoms with van der Waals surface area (Å²) < 4.78 is 0. The van der Waals surface area contributed by atoms with Crippen LogP contribution < -0.4 is 5.32 Å². The first-order valence-electron chi connectivity index (χ1n) is 7.36. The minimum atomic E-state index is 1.19. The van der Waals surface area contributed by atoms with Gasteiger partial charge in [0, 0.05) is 13.1 Å². The molecule has 0 saturated carbocycles. The van der Waals surface area contributed by atoms with Gasteiger partial charge in [-0.15, -0.1) is 0 Å². The van der Waals surface area contributed by atoms with Crippen LogP contribution in [0.3, 0.4) is 0 Å². The van der Waals surface area contributed by atoms with E-state index in [1.54, 1.807) is 0 Å². The van der Waals surface area contributed by atoms with Crippen LogP contribution in [0.1, 0.15) is 58.3 Å². The Bertz CT molecular complexity index is 142. The molecule has 1 saturated heterocycles. The van der Waals surface area contributed by atoms with Gasteiger partial charge in [-0.05, 0) is 38.9 Å². The molecule has 1 aliphatic rings. The molecule has 0 unspecified atom stereocenters. The summed E-state index contributed by atoms with van der Waals surface area (Å²) in [6, 6.07) is 0. The van der Waals surface area contributed by atoms with Gasteiger partial charge >= 0.3 is 0 Å². The highest BCUT2D eigenvalue weighted by Gasteiger charge is 2.09. The fourth-order valence-corrected chi connectivity index (χ4v) is 2.40. The molecule has 0 aromatic rings. The Labute approximate surface area is 102 Å². The SMILES string of the molecule is CCCCCCCCNCCN1CCCC1. The average molecular weight is 226 g/mol. The van der Waals surface area contributed by atoms with E-state index in [9.17, 15) is 0 Å². The number of rotatable bonds is 10.